The summed E-state index contributed by atoms with van der Waals surface area (Å²) < 4.78 is 30.2. The fraction of sp³-hybridized carbons (Fsp3) is 0.455. The Morgan fingerprint density at radius 1 is 1.56 bits per heavy atom. The van der Waals surface area contributed by atoms with Crippen LogP contribution in [0.1, 0.15) is 30.3 Å². The molecule has 0 radical (unpaired) electrons. The van der Waals surface area contributed by atoms with E-state index in [0.29, 0.717) is 0 Å². The van der Waals surface area contributed by atoms with Crippen molar-refractivity contribution in [3.8, 4) is 0 Å². The average molecular weight is 324 g/mol. The summed E-state index contributed by atoms with van der Waals surface area (Å²) >= 11 is 2.98. The van der Waals surface area contributed by atoms with Crippen molar-refractivity contribution in [2.45, 2.75) is 25.1 Å². The maximum Gasteiger partial charge on any atom is 0.311 e. The largest absolute Gasteiger partial charge is 0.466 e. The second-order valence-electron chi connectivity index (χ2n) is 3.47. The van der Waals surface area contributed by atoms with Crippen molar-refractivity contribution in [1.82, 2.24) is 4.98 Å². The zero-order valence-electron chi connectivity index (χ0n) is 9.63. The molecular weight excluding hydrogens is 312 g/mol. The molecule has 0 aromatic carbocycles. The smallest absolute Gasteiger partial charge is 0.311 e. The maximum absolute atomic E-state index is 12.8. The lowest BCUT2D eigenvalue weighted by Gasteiger charge is -2.09. The van der Waals surface area contributed by atoms with Gasteiger partial charge in [-0.2, -0.15) is 0 Å². The van der Waals surface area contributed by atoms with Crippen LogP contribution in [0.5, 0.6) is 0 Å². The molecule has 1 heterocycles. The van der Waals surface area contributed by atoms with Gasteiger partial charge in [0.1, 0.15) is 0 Å². The molecule has 1 rings (SSSR count). The van der Waals surface area contributed by atoms with Crippen LogP contribution in [0.4, 0.5) is 8.78 Å². The summed E-state index contributed by atoms with van der Waals surface area (Å²) in [5, 5.41) is 0.0295. The molecule has 0 atom stereocenters. The van der Waals surface area contributed by atoms with Gasteiger partial charge in [-0.15, -0.1) is 0 Å². The third-order valence-electron chi connectivity index (χ3n) is 2.22. The number of H-pyrrole nitrogens is 1. The number of aromatic amines is 1. The van der Waals surface area contributed by atoms with Crippen molar-refractivity contribution in [1.29, 1.82) is 0 Å². The standard InChI is InChI=1S/C11H12BrF2NO3/c1-2-18-9(17)4-6-3-8(16)7(5-12)10(15-6)11(13)14/h3,11H,2,4-5H2,1H3,(H,15,16). The Kier molecular flexibility index (Phi) is 5.46. The molecule has 1 N–H and O–H groups in total. The monoisotopic (exact) mass is 323 g/mol. The van der Waals surface area contributed by atoms with Gasteiger partial charge in [0.05, 0.1) is 18.7 Å². The van der Waals surface area contributed by atoms with Gasteiger partial charge < -0.3 is 9.72 Å². The van der Waals surface area contributed by atoms with Crippen LogP contribution in [0.25, 0.3) is 0 Å². The van der Waals surface area contributed by atoms with Gasteiger partial charge in [0, 0.05) is 22.7 Å². The van der Waals surface area contributed by atoms with E-state index < -0.39 is 23.5 Å². The molecule has 18 heavy (non-hydrogen) atoms. The number of ether oxygens (including phenoxy) is 1. The lowest BCUT2D eigenvalue weighted by molar-refractivity contribution is -0.142. The number of aromatic nitrogens is 1. The summed E-state index contributed by atoms with van der Waals surface area (Å²) in [6.07, 6.45) is -3.03. The highest BCUT2D eigenvalue weighted by Gasteiger charge is 2.18. The molecule has 4 nitrogen and oxygen atoms in total. The zero-order chi connectivity index (χ0) is 13.7. The van der Waals surface area contributed by atoms with Gasteiger partial charge in [-0.25, -0.2) is 8.78 Å². The highest BCUT2D eigenvalue weighted by Crippen LogP contribution is 2.20. The Morgan fingerprint density at radius 3 is 2.72 bits per heavy atom. The summed E-state index contributed by atoms with van der Waals surface area (Å²) in [5.74, 6) is -0.569. The molecule has 7 heteroatoms. The van der Waals surface area contributed by atoms with Gasteiger partial charge in [-0.1, -0.05) is 15.9 Å². The van der Waals surface area contributed by atoms with E-state index in [1.807, 2.05) is 0 Å². The summed E-state index contributed by atoms with van der Waals surface area (Å²) in [6.45, 7) is 1.84. The minimum absolute atomic E-state index is 0.0295. The van der Waals surface area contributed by atoms with Gasteiger partial charge in [0.25, 0.3) is 6.43 Å². The van der Waals surface area contributed by atoms with Crippen molar-refractivity contribution in [3.63, 3.8) is 0 Å². The van der Waals surface area contributed by atoms with E-state index in [0.717, 1.165) is 6.07 Å². The van der Waals surface area contributed by atoms with Gasteiger partial charge in [-0.05, 0) is 6.92 Å². The molecule has 0 aliphatic rings. The van der Waals surface area contributed by atoms with Crippen LogP contribution < -0.4 is 5.43 Å². The van der Waals surface area contributed by atoms with Gasteiger partial charge in [0.2, 0.25) is 0 Å². The van der Waals surface area contributed by atoms with Crippen molar-refractivity contribution in [2.75, 3.05) is 6.61 Å². The van der Waals surface area contributed by atoms with Crippen LogP contribution >= 0.6 is 15.9 Å². The second-order valence-corrected chi connectivity index (χ2v) is 4.03. The first kappa shape index (κ1) is 14.8. The first-order valence-electron chi connectivity index (χ1n) is 5.24. The predicted molar refractivity (Wildman–Crippen MR) is 65.0 cm³/mol. The molecule has 0 amide bonds. The number of esters is 1. The van der Waals surface area contributed by atoms with Crippen LogP contribution in [0.15, 0.2) is 10.9 Å². The summed E-state index contributed by atoms with van der Waals surface area (Å²) in [4.78, 5) is 25.2. The molecule has 0 spiro atoms. The number of nitrogens with one attached hydrogen (secondary N) is 1. The summed E-state index contributed by atoms with van der Waals surface area (Å²) in [7, 11) is 0. The van der Waals surface area contributed by atoms with Crippen LogP contribution in [0, 0.1) is 0 Å². The number of hydrogen-bond donors (Lipinski definition) is 1. The van der Waals surface area contributed by atoms with Crippen molar-refractivity contribution < 1.29 is 18.3 Å². The lowest BCUT2D eigenvalue weighted by Crippen LogP contribution is -2.17. The van der Waals surface area contributed by atoms with E-state index in [9.17, 15) is 18.4 Å². The molecule has 0 aliphatic heterocycles. The lowest BCUT2D eigenvalue weighted by atomic mass is 10.1. The zero-order valence-corrected chi connectivity index (χ0v) is 11.2. The van der Waals surface area contributed by atoms with Crippen LogP contribution in [-0.2, 0) is 21.3 Å². The first-order chi connectivity index (χ1) is 8.49. The quantitative estimate of drug-likeness (QED) is 0.668. The topological polar surface area (TPSA) is 59.2 Å². The fourth-order valence-electron chi connectivity index (χ4n) is 1.45. The van der Waals surface area contributed by atoms with E-state index in [4.69, 9.17) is 0 Å². The van der Waals surface area contributed by atoms with Crippen molar-refractivity contribution in [3.05, 3.63) is 33.2 Å². The normalized spacial score (nSPS) is 10.7. The van der Waals surface area contributed by atoms with Crippen LogP contribution in [-0.4, -0.2) is 17.6 Å². The third-order valence-corrected chi connectivity index (χ3v) is 2.78. The van der Waals surface area contributed by atoms with E-state index in [1.165, 1.54) is 0 Å². The Bertz CT molecular complexity index is 488. The number of carbonyl (C=O) groups excluding carboxylic acids is 1. The molecule has 1 aromatic rings. The number of carbonyl (C=O) groups is 1. The molecule has 0 saturated heterocycles. The van der Waals surface area contributed by atoms with Crippen LogP contribution in [0.2, 0.25) is 0 Å². The number of rotatable bonds is 5. The minimum Gasteiger partial charge on any atom is -0.466 e. The highest BCUT2D eigenvalue weighted by atomic mass is 79.9. The number of alkyl halides is 3. The Labute approximate surface area is 110 Å². The van der Waals surface area contributed by atoms with E-state index in [2.05, 4.69) is 25.7 Å². The minimum atomic E-state index is -2.80. The van der Waals surface area contributed by atoms with Crippen molar-refractivity contribution in [2.24, 2.45) is 0 Å². The Morgan fingerprint density at radius 2 is 2.22 bits per heavy atom. The first-order valence-corrected chi connectivity index (χ1v) is 6.36. The molecule has 100 valence electrons. The highest BCUT2D eigenvalue weighted by molar-refractivity contribution is 9.08. The molecular formula is C11H12BrF2NO3. The van der Waals surface area contributed by atoms with Crippen LogP contribution in [0.3, 0.4) is 0 Å². The summed E-state index contributed by atoms with van der Waals surface area (Å²) in [5.41, 5.74) is -0.894. The Hall–Kier alpha value is -1.24. The number of halogens is 3. The van der Waals surface area contributed by atoms with E-state index >= 15 is 0 Å². The SMILES string of the molecule is CCOC(=O)Cc1cc(=O)c(CBr)c(C(F)F)[nH]1. The maximum atomic E-state index is 12.8. The van der Waals surface area contributed by atoms with Gasteiger partial charge in [0.15, 0.2) is 5.43 Å². The molecule has 0 bridgehead atoms. The summed E-state index contributed by atoms with van der Waals surface area (Å²) in [6, 6.07) is 1.14. The molecule has 0 unspecified atom stereocenters. The molecule has 0 saturated carbocycles. The molecule has 1 aromatic heterocycles. The second kappa shape index (κ2) is 6.63. The average Bonchev–Trinajstić information content (AvgIpc) is 2.28. The van der Waals surface area contributed by atoms with Crippen molar-refractivity contribution >= 4 is 21.9 Å². The fourth-order valence-corrected chi connectivity index (χ4v) is 2.03. The molecule has 0 aliphatic carbocycles. The number of hydrogen-bond acceptors (Lipinski definition) is 3. The van der Waals surface area contributed by atoms with Gasteiger partial charge >= 0.3 is 5.97 Å². The van der Waals surface area contributed by atoms with E-state index in [1.54, 1.807) is 6.92 Å². The van der Waals surface area contributed by atoms with Gasteiger partial charge in [-0.3, -0.25) is 9.59 Å². The van der Waals surface area contributed by atoms with E-state index in [-0.39, 0.29) is 29.6 Å². The third kappa shape index (κ3) is 3.63. The predicted octanol–water partition coefficient (Wildman–Crippen LogP) is 2.31. The Balaban J connectivity index is 3.09. The molecule has 0 fully saturated rings. The number of pyridine rings is 1.